The van der Waals surface area contributed by atoms with Crippen molar-refractivity contribution in [2.75, 3.05) is 0 Å². The van der Waals surface area contributed by atoms with Crippen LogP contribution in [0.5, 0.6) is 5.75 Å². The fraction of sp³-hybridized carbons (Fsp3) is 0.357. The van der Waals surface area contributed by atoms with Crippen molar-refractivity contribution >= 4 is 17.7 Å². The second-order valence-electron chi connectivity index (χ2n) is 10.2. The highest BCUT2D eigenvalue weighted by molar-refractivity contribution is 6.39. The lowest BCUT2D eigenvalue weighted by Gasteiger charge is -2.36. The van der Waals surface area contributed by atoms with Crippen LogP contribution in [0.15, 0.2) is 55.0 Å². The number of hydrogen-bond donors (Lipinski definition) is 3. The Kier molecular flexibility index (Phi) is 6.82. The molecule has 1 amide bonds. The molecular weight excluding hydrogens is 458 g/mol. The van der Waals surface area contributed by atoms with Gasteiger partial charge in [0, 0.05) is 11.1 Å². The lowest BCUT2D eigenvalue weighted by atomic mass is 9.73. The molecule has 2 bridgehead atoms. The van der Waals surface area contributed by atoms with E-state index in [2.05, 4.69) is 15.3 Å². The number of carbonyl (C=O) groups excluding carboxylic acids is 3. The van der Waals surface area contributed by atoms with Crippen LogP contribution in [-0.2, 0) is 15.1 Å². The minimum atomic E-state index is -1.72. The minimum Gasteiger partial charge on any atom is -0.420 e. The molecule has 3 aromatic rings. The van der Waals surface area contributed by atoms with Crippen molar-refractivity contribution in [3.05, 3.63) is 71.8 Å². The molecule has 0 aliphatic carbocycles. The number of H-pyrrole nitrogens is 1. The van der Waals surface area contributed by atoms with Gasteiger partial charge in [-0.1, -0.05) is 83.0 Å². The summed E-state index contributed by atoms with van der Waals surface area (Å²) in [5, 5.41) is 14.4. The molecule has 36 heavy (non-hydrogen) atoms. The Morgan fingerprint density at radius 2 is 1.89 bits per heavy atom. The van der Waals surface area contributed by atoms with E-state index >= 15 is 0 Å². The van der Waals surface area contributed by atoms with Gasteiger partial charge in [0.05, 0.1) is 18.6 Å². The Hall–Kier alpha value is -3.78. The van der Waals surface area contributed by atoms with Crippen LogP contribution in [0.25, 0.3) is 11.1 Å². The Morgan fingerprint density at radius 1 is 1.17 bits per heavy atom. The first-order chi connectivity index (χ1) is 17.1. The molecule has 1 aliphatic rings. The van der Waals surface area contributed by atoms with Gasteiger partial charge in [-0.25, -0.2) is 9.78 Å². The zero-order valence-electron chi connectivity index (χ0n) is 20.9. The van der Waals surface area contributed by atoms with Gasteiger partial charge < -0.3 is 20.1 Å². The van der Waals surface area contributed by atoms with Gasteiger partial charge in [0.1, 0.15) is 17.0 Å². The number of Topliss-reactive ketones (excluding diaryl/α,β-unsaturated/α-hetero) is 1. The van der Waals surface area contributed by atoms with Crippen LogP contribution >= 0.6 is 0 Å². The van der Waals surface area contributed by atoms with E-state index in [-0.39, 0.29) is 17.9 Å². The van der Waals surface area contributed by atoms with Crippen molar-refractivity contribution in [1.82, 2.24) is 15.3 Å². The molecule has 2 atom stereocenters. The van der Waals surface area contributed by atoms with Crippen LogP contribution in [0, 0.1) is 5.41 Å². The quantitative estimate of drug-likeness (QED) is 0.256. The van der Waals surface area contributed by atoms with Gasteiger partial charge in [0.25, 0.3) is 11.7 Å². The summed E-state index contributed by atoms with van der Waals surface area (Å²) in [4.78, 5) is 46.9. The number of aromatic amines is 1. The van der Waals surface area contributed by atoms with E-state index in [1.807, 2.05) is 58.0 Å². The number of aromatic nitrogens is 2. The fourth-order valence-electron chi connectivity index (χ4n) is 4.58. The van der Waals surface area contributed by atoms with E-state index in [1.165, 1.54) is 12.5 Å². The summed E-state index contributed by atoms with van der Waals surface area (Å²) in [5.41, 5.74) is -0.217. The number of fused-ring (bicyclic) bond motifs is 2. The van der Waals surface area contributed by atoms with Crippen molar-refractivity contribution in [3.63, 3.8) is 0 Å². The number of nitrogens with one attached hydrogen (secondary N) is 2. The maximum absolute atomic E-state index is 13.8. The highest BCUT2D eigenvalue weighted by Gasteiger charge is 2.51. The van der Waals surface area contributed by atoms with E-state index in [0.717, 1.165) is 12.0 Å². The number of ether oxygens (including phenoxy) is 1. The molecule has 3 N–H and O–H groups in total. The smallest absolute Gasteiger partial charge is 0.382 e. The Balaban J connectivity index is 2.03. The van der Waals surface area contributed by atoms with Gasteiger partial charge >= 0.3 is 5.97 Å². The number of unbranched alkanes of at least 4 members (excludes halogenated alkanes) is 1. The number of imidazole rings is 1. The fourth-order valence-corrected chi connectivity index (χ4v) is 4.58. The number of nitrogens with zero attached hydrogens (tertiary/aromatic N) is 1. The summed E-state index contributed by atoms with van der Waals surface area (Å²) in [6.45, 7) is 7.54. The van der Waals surface area contributed by atoms with Gasteiger partial charge in [-0.15, -0.1) is 0 Å². The van der Waals surface area contributed by atoms with E-state index in [0.29, 0.717) is 23.1 Å². The number of amides is 1. The predicted molar refractivity (Wildman–Crippen MR) is 134 cm³/mol. The van der Waals surface area contributed by atoms with Gasteiger partial charge in [0.2, 0.25) is 0 Å². The standard InChI is InChI=1S/C28H31N3O5/c1-5-6-14-28(31-25(34)20-15-29-16-30-20)19-13-12-18(17-10-8-7-9-11-17)22(36-26(35)24(28)33)21(19)23(32)27(2,3)4/h7-13,15-16,23,32H,5-6,14H2,1-4H3,(H,29,30)(H,31,34). The van der Waals surface area contributed by atoms with Crippen molar-refractivity contribution < 1.29 is 24.2 Å². The molecule has 0 fully saturated rings. The van der Waals surface area contributed by atoms with Crippen LogP contribution in [0.2, 0.25) is 0 Å². The normalized spacial score (nSPS) is 18.4. The monoisotopic (exact) mass is 489 g/mol. The zero-order chi connectivity index (χ0) is 26.1. The summed E-state index contributed by atoms with van der Waals surface area (Å²) in [6, 6.07) is 12.8. The number of ketones is 1. The average molecular weight is 490 g/mol. The number of esters is 1. The van der Waals surface area contributed by atoms with Crippen molar-refractivity contribution in [2.45, 2.75) is 58.6 Å². The van der Waals surface area contributed by atoms with Crippen LogP contribution < -0.4 is 10.1 Å². The Morgan fingerprint density at radius 3 is 2.50 bits per heavy atom. The second kappa shape index (κ2) is 9.70. The molecule has 2 heterocycles. The third-order valence-electron chi connectivity index (χ3n) is 6.58. The zero-order valence-corrected chi connectivity index (χ0v) is 20.9. The molecule has 0 saturated heterocycles. The van der Waals surface area contributed by atoms with Crippen molar-refractivity contribution in [2.24, 2.45) is 5.41 Å². The first-order valence-corrected chi connectivity index (χ1v) is 12.1. The van der Waals surface area contributed by atoms with Crippen LogP contribution in [0.1, 0.15) is 74.7 Å². The molecular formula is C28H31N3O5. The van der Waals surface area contributed by atoms with Gasteiger partial charge in [-0.3, -0.25) is 9.59 Å². The molecule has 0 spiro atoms. The van der Waals surface area contributed by atoms with Crippen molar-refractivity contribution in [3.8, 4) is 16.9 Å². The maximum Gasteiger partial charge on any atom is 0.382 e. The third-order valence-corrected chi connectivity index (χ3v) is 6.58. The number of carbonyl (C=O) groups is 3. The predicted octanol–water partition coefficient (Wildman–Crippen LogP) is 4.46. The highest BCUT2D eigenvalue weighted by Crippen LogP contribution is 2.49. The molecule has 2 unspecified atom stereocenters. The molecule has 0 radical (unpaired) electrons. The molecule has 8 heteroatoms. The maximum atomic E-state index is 13.8. The Labute approximate surface area is 210 Å². The van der Waals surface area contributed by atoms with Gasteiger partial charge in [-0.05, 0) is 23.0 Å². The second-order valence-corrected chi connectivity index (χ2v) is 10.2. The lowest BCUT2D eigenvalue weighted by Crippen LogP contribution is -2.55. The number of aliphatic hydroxyl groups is 1. The largest absolute Gasteiger partial charge is 0.420 e. The SMILES string of the molecule is CCCCC1(NC(=O)c2cnc[nH]2)C(=O)C(=O)Oc2c(-c3ccccc3)ccc1c2C(O)C(C)(C)C. The van der Waals surface area contributed by atoms with E-state index in [9.17, 15) is 19.5 Å². The van der Waals surface area contributed by atoms with Crippen LogP contribution in [-0.4, -0.2) is 32.7 Å². The van der Waals surface area contributed by atoms with Gasteiger partial charge in [-0.2, -0.15) is 0 Å². The summed E-state index contributed by atoms with van der Waals surface area (Å²) < 4.78 is 5.75. The summed E-state index contributed by atoms with van der Waals surface area (Å²) >= 11 is 0. The number of benzene rings is 2. The van der Waals surface area contributed by atoms with E-state index < -0.39 is 34.7 Å². The molecule has 4 rings (SSSR count). The third kappa shape index (κ3) is 4.44. The first-order valence-electron chi connectivity index (χ1n) is 12.1. The molecule has 188 valence electrons. The average Bonchev–Trinajstić information content (AvgIpc) is 3.39. The number of aliphatic hydroxyl groups excluding tert-OH is 1. The van der Waals surface area contributed by atoms with Gasteiger partial charge in [0.15, 0.2) is 0 Å². The van der Waals surface area contributed by atoms with Crippen molar-refractivity contribution in [1.29, 1.82) is 0 Å². The molecule has 8 nitrogen and oxygen atoms in total. The molecule has 2 aromatic carbocycles. The molecule has 1 aliphatic heterocycles. The number of rotatable bonds is 7. The highest BCUT2D eigenvalue weighted by atomic mass is 16.5. The first kappa shape index (κ1) is 25.3. The topological polar surface area (TPSA) is 121 Å². The summed E-state index contributed by atoms with van der Waals surface area (Å²) in [5.74, 6) is -2.42. The molecule has 1 aromatic heterocycles. The summed E-state index contributed by atoms with van der Waals surface area (Å²) in [7, 11) is 0. The Bertz CT molecular complexity index is 1280. The van der Waals surface area contributed by atoms with E-state index in [4.69, 9.17) is 4.74 Å². The van der Waals surface area contributed by atoms with E-state index in [1.54, 1.807) is 12.1 Å². The molecule has 0 saturated carbocycles. The minimum absolute atomic E-state index is 0.133. The van der Waals surface area contributed by atoms with Crippen LogP contribution in [0.3, 0.4) is 0 Å². The lowest BCUT2D eigenvalue weighted by molar-refractivity contribution is -0.150. The van der Waals surface area contributed by atoms with Crippen LogP contribution in [0.4, 0.5) is 0 Å². The number of hydrogen-bond acceptors (Lipinski definition) is 6. The summed E-state index contributed by atoms with van der Waals surface area (Å²) in [6.07, 6.45) is 3.02.